The van der Waals surface area contributed by atoms with Gasteiger partial charge in [-0.1, -0.05) is 59.7 Å². The van der Waals surface area contributed by atoms with Gasteiger partial charge in [-0.15, -0.1) is 0 Å². The second-order valence-corrected chi connectivity index (χ2v) is 17.4. The van der Waals surface area contributed by atoms with E-state index in [9.17, 15) is 19.2 Å². The van der Waals surface area contributed by atoms with Crippen LogP contribution in [0.1, 0.15) is 76.3 Å². The van der Waals surface area contributed by atoms with Gasteiger partial charge in [-0.2, -0.15) is 0 Å². The number of benzene rings is 3. The van der Waals surface area contributed by atoms with Crippen LogP contribution in [0, 0.1) is 6.92 Å². The van der Waals surface area contributed by atoms with Gasteiger partial charge < -0.3 is 38.1 Å². The molecular formula is C51H66N6O11. The van der Waals surface area contributed by atoms with Gasteiger partial charge in [0.05, 0.1) is 72.4 Å². The molecule has 1 aliphatic rings. The number of carbonyl (C=O) groups excluding carboxylic acids is 4. The molecule has 0 bridgehead atoms. The normalized spacial score (nSPS) is 14.0. The van der Waals surface area contributed by atoms with Gasteiger partial charge in [0.15, 0.2) is 5.78 Å². The molecule has 0 spiro atoms. The fraction of sp³-hybridized carbons (Fsp3) is 0.510. The highest BCUT2D eigenvalue weighted by Gasteiger charge is 2.35. The lowest BCUT2D eigenvalue weighted by molar-refractivity contribution is -0.141. The summed E-state index contributed by atoms with van der Waals surface area (Å²) in [6.45, 7) is 12.0. The summed E-state index contributed by atoms with van der Waals surface area (Å²) < 4.78 is 38.9. The maximum absolute atomic E-state index is 14.1. The van der Waals surface area contributed by atoms with Crippen LogP contribution < -0.4 is 9.64 Å². The molecule has 4 aromatic rings. The number of anilines is 1. The molecule has 5 rings (SSSR count). The third kappa shape index (κ3) is 16.9. The Kier molecular flexibility index (Phi) is 21.5. The lowest BCUT2D eigenvalue weighted by Gasteiger charge is -2.28. The van der Waals surface area contributed by atoms with Crippen LogP contribution in [0.25, 0.3) is 32.3 Å². The van der Waals surface area contributed by atoms with Crippen LogP contribution in [0.3, 0.4) is 0 Å². The van der Waals surface area contributed by atoms with Gasteiger partial charge in [0.2, 0.25) is 5.91 Å². The second-order valence-electron chi connectivity index (χ2n) is 17.4. The highest BCUT2D eigenvalue weighted by Crippen LogP contribution is 2.36. The molecule has 2 amide bonds. The van der Waals surface area contributed by atoms with Crippen molar-refractivity contribution >= 4 is 40.3 Å². The molecule has 1 aliphatic heterocycles. The Balaban J connectivity index is 1.13. The summed E-state index contributed by atoms with van der Waals surface area (Å²) in [5.41, 5.74) is 11.2. The van der Waals surface area contributed by atoms with E-state index in [2.05, 4.69) is 15.0 Å². The molecule has 0 saturated carbocycles. The van der Waals surface area contributed by atoms with Gasteiger partial charge in [-0.25, -0.2) is 9.78 Å². The van der Waals surface area contributed by atoms with Crippen molar-refractivity contribution in [3.05, 3.63) is 101 Å². The summed E-state index contributed by atoms with van der Waals surface area (Å²) in [4.78, 5) is 63.8. The van der Waals surface area contributed by atoms with E-state index in [4.69, 9.17) is 38.7 Å². The molecule has 3 aromatic carbocycles. The Labute approximate surface area is 398 Å². The first-order chi connectivity index (χ1) is 32.9. The number of aryl methyl sites for hydroxylation is 1. The number of hydrogen-bond donors (Lipinski definition) is 0. The lowest BCUT2D eigenvalue weighted by Crippen LogP contribution is -2.42. The van der Waals surface area contributed by atoms with Crippen LogP contribution in [-0.2, 0) is 42.8 Å². The molecule has 17 nitrogen and oxygen atoms in total. The summed E-state index contributed by atoms with van der Waals surface area (Å²) in [6, 6.07) is 22.9. The SMILES string of the molecule is COC(=O)C[C@H](CC(=O)[C@@H]1CCCN1C(=O)CCCN(C(=O)OC(C)(C)C)c1cc(C)ccn1)c1ccc(-c2ccc(OCCOCCOCCOCCOCCN=[N+]=[N-])c3ccccc23)cc1. The third-order valence-corrected chi connectivity index (χ3v) is 11.2. The summed E-state index contributed by atoms with van der Waals surface area (Å²) in [6.07, 6.45) is 2.88. The Morgan fingerprint density at radius 1 is 0.853 bits per heavy atom. The minimum Gasteiger partial charge on any atom is -0.491 e. The van der Waals surface area contributed by atoms with Crippen molar-refractivity contribution in [2.75, 3.05) is 91.1 Å². The predicted octanol–water partition coefficient (Wildman–Crippen LogP) is 8.78. The van der Waals surface area contributed by atoms with Crippen molar-refractivity contribution in [1.29, 1.82) is 0 Å². The fourth-order valence-corrected chi connectivity index (χ4v) is 7.89. The van der Waals surface area contributed by atoms with Gasteiger partial charge >= 0.3 is 12.1 Å². The molecule has 0 aliphatic carbocycles. The molecule has 17 heteroatoms. The number of carbonyl (C=O) groups is 4. The van der Waals surface area contributed by atoms with Crippen LogP contribution in [0.4, 0.5) is 10.6 Å². The van der Waals surface area contributed by atoms with E-state index in [-0.39, 0.29) is 37.5 Å². The van der Waals surface area contributed by atoms with Crippen LogP contribution in [0.2, 0.25) is 0 Å². The average Bonchev–Trinajstić information content (AvgIpc) is 3.83. The Bertz CT molecular complexity index is 2300. The van der Waals surface area contributed by atoms with Gasteiger partial charge in [-0.05, 0) is 98.3 Å². The number of amides is 2. The monoisotopic (exact) mass is 938 g/mol. The number of aromatic nitrogens is 1. The predicted molar refractivity (Wildman–Crippen MR) is 258 cm³/mol. The fourth-order valence-electron chi connectivity index (χ4n) is 7.89. The Morgan fingerprint density at radius 2 is 1.51 bits per heavy atom. The first-order valence-corrected chi connectivity index (χ1v) is 23.3. The summed E-state index contributed by atoms with van der Waals surface area (Å²) in [5, 5.41) is 5.36. The second kappa shape index (κ2) is 27.6. The Morgan fingerprint density at radius 3 is 2.16 bits per heavy atom. The van der Waals surface area contributed by atoms with E-state index < -0.39 is 29.6 Å². The van der Waals surface area contributed by atoms with Gasteiger partial charge in [0.25, 0.3) is 0 Å². The first-order valence-electron chi connectivity index (χ1n) is 23.3. The number of azide groups is 1. The number of methoxy groups -OCH3 is 1. The van der Waals surface area contributed by atoms with Crippen LogP contribution in [0.15, 0.2) is 84.1 Å². The van der Waals surface area contributed by atoms with E-state index in [1.807, 2.05) is 73.7 Å². The minimum atomic E-state index is -0.715. The first kappa shape index (κ1) is 52.9. The Hall–Kier alpha value is -6.10. The zero-order valence-electron chi connectivity index (χ0n) is 40.1. The summed E-state index contributed by atoms with van der Waals surface area (Å²) in [7, 11) is 1.33. The van der Waals surface area contributed by atoms with Crippen LogP contribution in [0.5, 0.6) is 5.75 Å². The van der Waals surface area contributed by atoms with Gasteiger partial charge in [0.1, 0.15) is 23.8 Å². The van der Waals surface area contributed by atoms with E-state index in [0.717, 1.165) is 38.8 Å². The summed E-state index contributed by atoms with van der Waals surface area (Å²) >= 11 is 0. The van der Waals surface area contributed by atoms with Crippen LogP contribution >= 0.6 is 0 Å². The van der Waals surface area contributed by atoms with Gasteiger partial charge in [0, 0.05) is 54.9 Å². The molecule has 0 radical (unpaired) electrons. The lowest BCUT2D eigenvalue weighted by atomic mass is 9.87. The smallest absolute Gasteiger partial charge is 0.416 e. The number of rotatable bonds is 28. The average molecular weight is 939 g/mol. The van der Waals surface area contributed by atoms with Crippen molar-refractivity contribution in [2.24, 2.45) is 5.11 Å². The van der Waals surface area contributed by atoms with Crippen molar-refractivity contribution < 1.29 is 52.3 Å². The molecular weight excluding hydrogens is 873 g/mol. The van der Waals surface area contributed by atoms with E-state index in [0.29, 0.717) is 97.6 Å². The molecule has 1 fully saturated rings. The number of ether oxygens (including phenoxy) is 7. The molecule has 2 atom stereocenters. The number of nitrogens with zero attached hydrogens (tertiary/aromatic N) is 6. The molecule has 1 aromatic heterocycles. The van der Waals surface area contributed by atoms with Crippen LogP contribution in [-0.4, -0.2) is 131 Å². The van der Waals surface area contributed by atoms with E-state index in [1.165, 1.54) is 12.0 Å². The maximum Gasteiger partial charge on any atom is 0.416 e. The minimum absolute atomic E-state index is 0.0104. The molecule has 0 unspecified atom stereocenters. The zero-order chi connectivity index (χ0) is 48.7. The maximum atomic E-state index is 14.1. The molecule has 366 valence electrons. The standard InChI is InChI=1S/C51H66N6O11/c1-37-20-21-53-47(34-37)57(50(61)68-51(2,3)4)24-9-13-48(59)56-23-8-12-44(56)45(58)35-40(36-49(60)62-5)38-14-16-39(17-15-38)41-18-19-46(43-11-7-6-10-42(41)43)67-33-32-66-31-30-65-29-28-64-27-26-63-25-22-54-55-52/h6-7,10-11,14-21,34,40,44H,8-9,12-13,22-33,35-36H2,1-5H3/t40-,44-/m0/s1. The third-order valence-electron chi connectivity index (χ3n) is 11.2. The number of fused-ring (bicyclic) bond motifs is 1. The van der Waals surface area contributed by atoms with Crippen molar-refractivity contribution in [3.63, 3.8) is 0 Å². The number of likely N-dealkylation sites (tertiary alicyclic amines) is 1. The topological polar surface area (TPSA) is 201 Å². The highest BCUT2D eigenvalue weighted by molar-refractivity contribution is 6.00. The largest absolute Gasteiger partial charge is 0.491 e. The molecule has 1 saturated heterocycles. The number of hydrogen-bond acceptors (Lipinski definition) is 13. The van der Waals surface area contributed by atoms with Crippen molar-refractivity contribution in [3.8, 4) is 16.9 Å². The number of Topliss-reactive ketones (excluding diaryl/α,β-unsaturated/α-hetero) is 1. The zero-order valence-corrected chi connectivity index (χ0v) is 40.1. The number of pyridine rings is 1. The highest BCUT2D eigenvalue weighted by atomic mass is 16.6. The van der Waals surface area contributed by atoms with Crippen molar-refractivity contribution in [2.45, 2.75) is 83.8 Å². The van der Waals surface area contributed by atoms with E-state index in [1.54, 1.807) is 37.9 Å². The van der Waals surface area contributed by atoms with Gasteiger partial charge in [-0.3, -0.25) is 19.3 Å². The molecule has 0 N–H and O–H groups in total. The molecule has 2 heterocycles. The summed E-state index contributed by atoms with van der Waals surface area (Å²) in [5.74, 6) is 0.0345. The molecule has 68 heavy (non-hydrogen) atoms. The quantitative estimate of drug-likeness (QED) is 0.0173. The van der Waals surface area contributed by atoms with Crippen molar-refractivity contribution in [1.82, 2.24) is 9.88 Å². The number of esters is 1. The number of ketones is 1. The van der Waals surface area contributed by atoms with E-state index >= 15 is 0 Å².